The molecule has 0 N–H and O–H groups in total. The Kier molecular flexibility index (Phi) is 7.29. The summed E-state index contributed by atoms with van der Waals surface area (Å²) in [6.45, 7) is 2.14. The van der Waals surface area contributed by atoms with E-state index >= 15 is 0 Å². The van der Waals surface area contributed by atoms with Crippen LogP contribution in [0.1, 0.15) is 13.3 Å². The summed E-state index contributed by atoms with van der Waals surface area (Å²) in [5, 5.41) is 0.732. The lowest BCUT2D eigenvalue weighted by Gasteiger charge is -1.94. The molecule has 0 bridgehead atoms. The normalized spacial score (nSPS) is 12.1. The van der Waals surface area contributed by atoms with Crippen LogP contribution in [0, 0.1) is 0 Å². The van der Waals surface area contributed by atoms with E-state index in [4.69, 9.17) is 23.2 Å². The number of halogens is 2. The summed E-state index contributed by atoms with van der Waals surface area (Å²) in [4.78, 5) is 0. The summed E-state index contributed by atoms with van der Waals surface area (Å²) < 4.78 is 0. The average molecular weight is 185 g/mol. The van der Waals surface area contributed by atoms with Crippen molar-refractivity contribution in [2.75, 3.05) is 11.5 Å². The minimum absolute atomic E-state index is 0.732. The second-order valence-corrected chi connectivity index (χ2v) is 3.42. The molecular formula is C6H10Cl2S. The number of rotatable bonds is 4. The highest BCUT2D eigenvalue weighted by atomic mass is 35.5. The maximum atomic E-state index is 5.61. The summed E-state index contributed by atoms with van der Waals surface area (Å²) in [6, 6.07) is 0. The molecule has 0 aliphatic carbocycles. The molecule has 3 heteroatoms. The number of hydrogen-bond acceptors (Lipinski definition) is 1. The third-order valence-corrected chi connectivity index (χ3v) is 2.70. The summed E-state index contributed by atoms with van der Waals surface area (Å²) in [5.74, 6) is 2.00. The van der Waals surface area contributed by atoms with Crippen molar-refractivity contribution in [3.63, 3.8) is 0 Å². The maximum absolute atomic E-state index is 5.61. The van der Waals surface area contributed by atoms with Gasteiger partial charge in [-0.3, -0.25) is 0 Å². The molecule has 0 aromatic rings. The Labute approximate surface area is 70.6 Å². The summed E-state index contributed by atoms with van der Waals surface area (Å²) in [5.41, 5.74) is 1.42. The van der Waals surface area contributed by atoms with Crippen molar-refractivity contribution in [3.8, 4) is 0 Å². The van der Waals surface area contributed by atoms with E-state index < -0.39 is 0 Å². The van der Waals surface area contributed by atoms with E-state index in [1.54, 1.807) is 11.8 Å². The lowest BCUT2D eigenvalue weighted by Crippen LogP contribution is -1.79. The van der Waals surface area contributed by atoms with Gasteiger partial charge in [0.2, 0.25) is 0 Å². The van der Waals surface area contributed by atoms with Crippen LogP contribution >= 0.6 is 35.0 Å². The standard InChI is InChI=1S/C6H10Cl2S/c1-2-3-9-5-6(8)4-7/h4H,2-3,5H2,1H3/b6-4-. The van der Waals surface area contributed by atoms with E-state index in [9.17, 15) is 0 Å². The largest absolute Gasteiger partial charge is 0.156 e. The molecule has 0 radical (unpaired) electrons. The smallest absolute Gasteiger partial charge is 0.0392 e. The molecule has 0 aliphatic heterocycles. The highest BCUT2D eigenvalue weighted by Gasteiger charge is 1.89. The van der Waals surface area contributed by atoms with E-state index in [0.717, 1.165) is 16.5 Å². The van der Waals surface area contributed by atoms with Crippen LogP contribution in [0.15, 0.2) is 10.6 Å². The van der Waals surface area contributed by atoms with Crippen molar-refractivity contribution >= 4 is 35.0 Å². The maximum Gasteiger partial charge on any atom is 0.0392 e. The molecule has 0 atom stereocenters. The monoisotopic (exact) mass is 184 g/mol. The molecule has 0 spiro atoms. The fourth-order valence-corrected chi connectivity index (χ4v) is 1.46. The number of thioether (sulfide) groups is 1. The number of hydrogen-bond donors (Lipinski definition) is 0. The van der Waals surface area contributed by atoms with Gasteiger partial charge in [-0.2, -0.15) is 11.8 Å². The first-order valence-electron chi connectivity index (χ1n) is 2.83. The second kappa shape index (κ2) is 6.79. The van der Waals surface area contributed by atoms with Gasteiger partial charge in [0.25, 0.3) is 0 Å². The first-order chi connectivity index (χ1) is 4.31. The van der Waals surface area contributed by atoms with Crippen LogP contribution in [0.2, 0.25) is 0 Å². The first-order valence-corrected chi connectivity index (χ1v) is 4.80. The van der Waals surface area contributed by atoms with Crippen LogP contribution in [0.3, 0.4) is 0 Å². The molecule has 0 saturated carbocycles. The fourth-order valence-electron chi connectivity index (χ4n) is 0.346. The Morgan fingerprint density at radius 2 is 2.33 bits per heavy atom. The van der Waals surface area contributed by atoms with Crippen molar-refractivity contribution in [1.82, 2.24) is 0 Å². The molecule has 0 aromatic carbocycles. The Hall–Kier alpha value is 0.670. The van der Waals surface area contributed by atoms with Crippen molar-refractivity contribution in [1.29, 1.82) is 0 Å². The average Bonchev–Trinajstić information content (AvgIpc) is 1.89. The highest BCUT2D eigenvalue weighted by molar-refractivity contribution is 7.99. The molecule has 0 saturated heterocycles. The van der Waals surface area contributed by atoms with Crippen LogP contribution in [0.25, 0.3) is 0 Å². The Balaban J connectivity index is 3.07. The molecule has 0 aliphatic rings. The fraction of sp³-hybridized carbons (Fsp3) is 0.667. The molecule has 0 heterocycles. The Bertz CT molecular complexity index is 91.1. The molecule has 0 unspecified atom stereocenters. The SMILES string of the molecule is CCCSC/C(Cl)=C/Cl. The molecule has 9 heavy (non-hydrogen) atoms. The topological polar surface area (TPSA) is 0 Å². The van der Waals surface area contributed by atoms with Gasteiger partial charge in [-0.25, -0.2) is 0 Å². The van der Waals surface area contributed by atoms with E-state index in [0.29, 0.717) is 0 Å². The zero-order valence-corrected chi connectivity index (χ0v) is 7.69. The van der Waals surface area contributed by atoms with Gasteiger partial charge in [0.1, 0.15) is 0 Å². The summed E-state index contributed by atoms with van der Waals surface area (Å²) >= 11 is 12.7. The minimum Gasteiger partial charge on any atom is -0.156 e. The lowest BCUT2D eigenvalue weighted by molar-refractivity contribution is 1.11. The van der Waals surface area contributed by atoms with Gasteiger partial charge in [0.15, 0.2) is 0 Å². The van der Waals surface area contributed by atoms with E-state index in [1.165, 1.54) is 12.0 Å². The summed E-state index contributed by atoms with van der Waals surface area (Å²) in [7, 11) is 0. The Morgan fingerprint density at radius 1 is 1.67 bits per heavy atom. The van der Waals surface area contributed by atoms with Gasteiger partial charge in [0, 0.05) is 16.3 Å². The third-order valence-electron chi connectivity index (χ3n) is 0.707. The molecule has 0 aromatic heterocycles. The van der Waals surface area contributed by atoms with Gasteiger partial charge >= 0.3 is 0 Å². The van der Waals surface area contributed by atoms with E-state index in [1.807, 2.05) is 0 Å². The van der Waals surface area contributed by atoms with Crippen LogP contribution in [-0.4, -0.2) is 11.5 Å². The van der Waals surface area contributed by atoms with E-state index in [-0.39, 0.29) is 0 Å². The zero-order valence-electron chi connectivity index (χ0n) is 5.36. The molecule has 0 fully saturated rings. The van der Waals surface area contributed by atoms with Gasteiger partial charge in [-0.1, -0.05) is 30.1 Å². The van der Waals surface area contributed by atoms with Crippen molar-refractivity contribution < 1.29 is 0 Å². The van der Waals surface area contributed by atoms with Crippen molar-refractivity contribution in [2.24, 2.45) is 0 Å². The first kappa shape index (κ1) is 9.67. The molecule has 0 amide bonds. The quantitative estimate of drug-likeness (QED) is 0.604. The van der Waals surface area contributed by atoms with Crippen LogP contribution in [0.4, 0.5) is 0 Å². The zero-order chi connectivity index (χ0) is 7.11. The molecule has 54 valence electrons. The van der Waals surface area contributed by atoms with Crippen LogP contribution in [-0.2, 0) is 0 Å². The highest BCUT2D eigenvalue weighted by Crippen LogP contribution is 2.12. The molecule has 0 nitrogen and oxygen atoms in total. The third kappa shape index (κ3) is 6.56. The van der Waals surface area contributed by atoms with Gasteiger partial charge in [-0.15, -0.1) is 0 Å². The molecule has 0 rings (SSSR count). The lowest BCUT2D eigenvalue weighted by atomic mass is 10.6. The van der Waals surface area contributed by atoms with E-state index in [2.05, 4.69) is 6.92 Å². The van der Waals surface area contributed by atoms with Gasteiger partial charge in [0.05, 0.1) is 0 Å². The van der Waals surface area contributed by atoms with Crippen molar-refractivity contribution in [3.05, 3.63) is 10.6 Å². The summed E-state index contributed by atoms with van der Waals surface area (Å²) in [6.07, 6.45) is 1.19. The Morgan fingerprint density at radius 3 is 2.78 bits per heavy atom. The predicted molar refractivity (Wildman–Crippen MR) is 47.4 cm³/mol. The van der Waals surface area contributed by atoms with Crippen molar-refractivity contribution in [2.45, 2.75) is 13.3 Å². The van der Waals surface area contributed by atoms with Gasteiger partial charge in [-0.05, 0) is 12.2 Å². The van der Waals surface area contributed by atoms with Gasteiger partial charge < -0.3 is 0 Å². The molecular weight excluding hydrogens is 175 g/mol. The predicted octanol–water partition coefficient (Wildman–Crippen LogP) is 3.45. The second-order valence-electron chi connectivity index (χ2n) is 1.61. The minimum atomic E-state index is 0.732. The van der Waals surface area contributed by atoms with Crippen LogP contribution < -0.4 is 0 Å². The van der Waals surface area contributed by atoms with Crippen LogP contribution in [0.5, 0.6) is 0 Å².